The van der Waals surface area contributed by atoms with Gasteiger partial charge in [0, 0.05) is 4.90 Å². The zero-order chi connectivity index (χ0) is 10.5. The summed E-state index contributed by atoms with van der Waals surface area (Å²) >= 11 is 8.03. The van der Waals surface area contributed by atoms with Crippen LogP contribution >= 0.6 is 23.4 Å². The summed E-state index contributed by atoms with van der Waals surface area (Å²) in [7, 11) is 0. The van der Waals surface area contributed by atoms with Gasteiger partial charge in [0.2, 0.25) is 0 Å². The van der Waals surface area contributed by atoms with E-state index in [4.69, 9.17) is 11.6 Å². The highest BCUT2D eigenvalue weighted by Gasteiger charge is 2.10. The summed E-state index contributed by atoms with van der Waals surface area (Å²) in [5.41, 5.74) is 1.46. The number of benzene rings is 1. The lowest BCUT2D eigenvalue weighted by atomic mass is 9.96. The topological polar surface area (TPSA) is 0 Å². The van der Waals surface area contributed by atoms with Gasteiger partial charge in [-0.25, -0.2) is 0 Å². The molecule has 0 aliphatic heterocycles. The fourth-order valence-corrected chi connectivity index (χ4v) is 3.14. The molecule has 1 aliphatic rings. The number of rotatable bonds is 2. The van der Waals surface area contributed by atoms with Gasteiger partial charge in [-0.2, -0.15) is 0 Å². The Kier molecular flexibility index (Phi) is 4.16. The molecular formula is C13H15ClS. The molecule has 0 atom stereocenters. The average molecular weight is 239 g/mol. The van der Waals surface area contributed by atoms with Crippen molar-refractivity contribution in [3.8, 4) is 0 Å². The van der Waals surface area contributed by atoms with E-state index in [-0.39, 0.29) is 0 Å². The first-order valence-electron chi connectivity index (χ1n) is 5.47. The maximum atomic E-state index is 6.34. The van der Waals surface area contributed by atoms with E-state index < -0.39 is 0 Å². The molecule has 2 rings (SSSR count). The van der Waals surface area contributed by atoms with Crippen LogP contribution in [0.15, 0.2) is 45.2 Å². The Bertz CT molecular complexity index is 335. The molecule has 80 valence electrons. The number of allylic oxidation sites excluding steroid dienone is 1. The lowest BCUT2D eigenvalue weighted by Gasteiger charge is -2.15. The Balaban J connectivity index is 2.05. The van der Waals surface area contributed by atoms with Crippen LogP contribution in [0, 0.1) is 0 Å². The van der Waals surface area contributed by atoms with E-state index >= 15 is 0 Å². The van der Waals surface area contributed by atoms with E-state index in [9.17, 15) is 0 Å². The normalized spacial score (nSPS) is 16.5. The van der Waals surface area contributed by atoms with Crippen LogP contribution in [0.5, 0.6) is 0 Å². The minimum atomic E-state index is 1.00. The van der Waals surface area contributed by atoms with Crippen molar-refractivity contribution < 1.29 is 0 Å². The van der Waals surface area contributed by atoms with Crippen LogP contribution in [0.2, 0.25) is 0 Å². The standard InChI is InChI=1S/C13H15ClS/c14-13(11-7-3-1-4-8-11)15-12-9-5-2-6-10-12/h2,5-6,9-10H,1,3-4,7-8H2. The Morgan fingerprint density at radius 3 is 2.33 bits per heavy atom. The van der Waals surface area contributed by atoms with Gasteiger partial charge in [-0.05, 0) is 43.4 Å². The van der Waals surface area contributed by atoms with Crippen LogP contribution in [-0.2, 0) is 0 Å². The predicted molar refractivity (Wildman–Crippen MR) is 68.3 cm³/mol. The number of hydrogen-bond acceptors (Lipinski definition) is 1. The second-order valence-electron chi connectivity index (χ2n) is 3.85. The Morgan fingerprint density at radius 2 is 1.67 bits per heavy atom. The maximum Gasteiger partial charge on any atom is 0.0774 e. The molecule has 0 unspecified atom stereocenters. The van der Waals surface area contributed by atoms with Crippen molar-refractivity contribution >= 4 is 23.4 Å². The lowest BCUT2D eigenvalue weighted by molar-refractivity contribution is 0.599. The summed E-state index contributed by atoms with van der Waals surface area (Å²) in [5, 5.41) is 0. The molecule has 1 aromatic rings. The quantitative estimate of drug-likeness (QED) is 0.639. The van der Waals surface area contributed by atoms with Crippen molar-refractivity contribution in [2.45, 2.75) is 37.0 Å². The zero-order valence-electron chi connectivity index (χ0n) is 8.71. The maximum absolute atomic E-state index is 6.34. The van der Waals surface area contributed by atoms with Gasteiger partial charge in [0.1, 0.15) is 0 Å². The first-order chi connectivity index (χ1) is 7.36. The zero-order valence-corrected chi connectivity index (χ0v) is 10.3. The second kappa shape index (κ2) is 5.62. The van der Waals surface area contributed by atoms with Crippen molar-refractivity contribution in [3.63, 3.8) is 0 Å². The van der Waals surface area contributed by atoms with E-state index in [2.05, 4.69) is 24.3 Å². The molecule has 0 heterocycles. The second-order valence-corrected chi connectivity index (χ2v) is 5.54. The third-order valence-corrected chi connectivity index (χ3v) is 4.16. The van der Waals surface area contributed by atoms with Crippen LogP contribution in [-0.4, -0.2) is 0 Å². The molecule has 1 saturated carbocycles. The van der Waals surface area contributed by atoms with Crippen LogP contribution in [0.4, 0.5) is 0 Å². The van der Waals surface area contributed by atoms with Gasteiger partial charge in [0.05, 0.1) is 4.36 Å². The molecule has 1 aromatic carbocycles. The molecule has 0 amide bonds. The largest absolute Gasteiger partial charge is 0.0778 e. The van der Waals surface area contributed by atoms with Crippen LogP contribution < -0.4 is 0 Å². The molecule has 0 nitrogen and oxygen atoms in total. The average Bonchev–Trinajstić information content (AvgIpc) is 2.31. The summed E-state index contributed by atoms with van der Waals surface area (Å²) in [4.78, 5) is 1.24. The van der Waals surface area contributed by atoms with Gasteiger partial charge in [0.15, 0.2) is 0 Å². The molecule has 1 fully saturated rings. The van der Waals surface area contributed by atoms with Gasteiger partial charge >= 0.3 is 0 Å². The predicted octanol–water partition coefficient (Wildman–Crippen LogP) is 5.19. The summed E-state index contributed by atoms with van der Waals surface area (Å²) in [6.45, 7) is 0. The highest BCUT2D eigenvalue weighted by Crippen LogP contribution is 2.37. The molecule has 0 spiro atoms. The molecule has 2 heteroatoms. The van der Waals surface area contributed by atoms with Crippen molar-refractivity contribution in [2.24, 2.45) is 0 Å². The first-order valence-corrected chi connectivity index (χ1v) is 6.66. The van der Waals surface area contributed by atoms with E-state index in [0.717, 1.165) is 4.36 Å². The fraction of sp³-hybridized carbons (Fsp3) is 0.385. The molecule has 0 saturated heterocycles. The highest BCUT2D eigenvalue weighted by atomic mass is 35.5. The summed E-state index contributed by atoms with van der Waals surface area (Å²) < 4.78 is 1.00. The Morgan fingerprint density at radius 1 is 1.00 bits per heavy atom. The van der Waals surface area contributed by atoms with E-state index in [1.807, 2.05) is 6.07 Å². The minimum Gasteiger partial charge on any atom is -0.0778 e. The molecule has 0 N–H and O–H groups in total. The summed E-state index contributed by atoms with van der Waals surface area (Å²) in [6, 6.07) is 10.4. The van der Waals surface area contributed by atoms with Crippen LogP contribution in [0.25, 0.3) is 0 Å². The Hall–Kier alpha value is -0.400. The first kappa shape index (κ1) is 11.1. The van der Waals surface area contributed by atoms with Crippen molar-refractivity contribution in [1.29, 1.82) is 0 Å². The molecule has 0 aromatic heterocycles. The van der Waals surface area contributed by atoms with Gasteiger partial charge in [-0.3, -0.25) is 0 Å². The van der Waals surface area contributed by atoms with Crippen molar-refractivity contribution in [1.82, 2.24) is 0 Å². The van der Waals surface area contributed by atoms with E-state index in [0.29, 0.717) is 0 Å². The third-order valence-electron chi connectivity index (χ3n) is 2.69. The van der Waals surface area contributed by atoms with E-state index in [1.165, 1.54) is 42.6 Å². The molecule has 0 bridgehead atoms. The summed E-state index contributed by atoms with van der Waals surface area (Å²) in [6.07, 6.45) is 6.36. The smallest absolute Gasteiger partial charge is 0.0774 e. The molecule has 1 aliphatic carbocycles. The van der Waals surface area contributed by atoms with Gasteiger partial charge in [-0.1, -0.05) is 48.0 Å². The van der Waals surface area contributed by atoms with Crippen LogP contribution in [0.3, 0.4) is 0 Å². The van der Waals surface area contributed by atoms with Gasteiger partial charge in [-0.15, -0.1) is 0 Å². The highest BCUT2D eigenvalue weighted by molar-refractivity contribution is 8.04. The SMILES string of the molecule is ClC(Sc1ccccc1)=C1CCCCC1. The number of halogens is 1. The van der Waals surface area contributed by atoms with Crippen molar-refractivity contribution in [2.75, 3.05) is 0 Å². The van der Waals surface area contributed by atoms with E-state index in [1.54, 1.807) is 11.8 Å². The van der Waals surface area contributed by atoms with Gasteiger partial charge < -0.3 is 0 Å². The van der Waals surface area contributed by atoms with Gasteiger partial charge in [0.25, 0.3) is 0 Å². The van der Waals surface area contributed by atoms with Crippen LogP contribution in [0.1, 0.15) is 32.1 Å². The molecule has 15 heavy (non-hydrogen) atoms. The van der Waals surface area contributed by atoms with Crippen molar-refractivity contribution in [3.05, 3.63) is 40.3 Å². The summed E-state index contributed by atoms with van der Waals surface area (Å²) in [5.74, 6) is 0. The molecular weight excluding hydrogens is 224 g/mol. The third kappa shape index (κ3) is 3.29. The lowest BCUT2D eigenvalue weighted by Crippen LogP contribution is -1.94. The number of hydrogen-bond donors (Lipinski definition) is 0. The minimum absolute atomic E-state index is 1.00. The fourth-order valence-electron chi connectivity index (χ4n) is 1.84. The number of thioether (sulfide) groups is 1. The molecule has 0 radical (unpaired) electrons. The Labute approximate surface area is 101 Å². The monoisotopic (exact) mass is 238 g/mol.